The lowest BCUT2D eigenvalue weighted by molar-refractivity contribution is -0.124. The molecule has 3 aromatic rings. The number of unbranched alkanes of at least 4 members (excludes halogenated alkanes) is 1. The van der Waals surface area contributed by atoms with E-state index < -0.39 is 5.97 Å². The number of nitrogens with one attached hydrogen (secondary N) is 1. The van der Waals surface area contributed by atoms with Gasteiger partial charge in [0.05, 0.1) is 16.6 Å². The fraction of sp³-hybridized carbons (Fsp3) is 0.286. The van der Waals surface area contributed by atoms with Crippen LogP contribution in [-0.4, -0.2) is 34.6 Å². The highest BCUT2D eigenvalue weighted by molar-refractivity contribution is 5.95. The van der Waals surface area contributed by atoms with Crippen molar-refractivity contribution >= 4 is 22.9 Å². The van der Waals surface area contributed by atoms with Crippen molar-refractivity contribution in [3.8, 4) is 5.69 Å². The maximum Gasteiger partial charge on any atom is 0.338 e. The summed E-state index contributed by atoms with van der Waals surface area (Å²) < 4.78 is 7.14. The maximum atomic E-state index is 12.2. The smallest absolute Gasteiger partial charge is 0.338 e. The Morgan fingerprint density at radius 3 is 2.67 bits per heavy atom. The van der Waals surface area contributed by atoms with Crippen LogP contribution in [0.5, 0.6) is 0 Å². The van der Waals surface area contributed by atoms with Gasteiger partial charge in [0.15, 0.2) is 6.61 Å². The molecule has 0 saturated carbocycles. The molecule has 0 aliphatic heterocycles. The summed E-state index contributed by atoms with van der Waals surface area (Å²) in [6.07, 6.45) is 1.90. The minimum Gasteiger partial charge on any atom is -0.452 e. The molecule has 0 fully saturated rings. The molecule has 27 heavy (non-hydrogen) atoms. The lowest BCUT2D eigenvalue weighted by Crippen LogP contribution is -2.29. The summed E-state index contributed by atoms with van der Waals surface area (Å²) in [5.74, 6) is 0.00792. The van der Waals surface area contributed by atoms with Gasteiger partial charge in [0.2, 0.25) is 0 Å². The monoisotopic (exact) mass is 365 g/mol. The third kappa shape index (κ3) is 4.34. The average Bonchev–Trinajstić information content (AvgIpc) is 3.01. The molecule has 1 aromatic heterocycles. The summed E-state index contributed by atoms with van der Waals surface area (Å²) in [7, 11) is 0. The standard InChI is InChI=1S/C21H23N3O3/c1-3-4-12-22-20(25)14-27-21(26)16-10-11-19-18(13-16)23-15(2)24(19)17-8-6-5-7-9-17/h5-11,13H,3-4,12,14H2,1-2H3,(H,22,25). The van der Waals surface area contributed by atoms with Gasteiger partial charge < -0.3 is 10.1 Å². The minimum atomic E-state index is -0.533. The van der Waals surface area contributed by atoms with Crippen molar-refractivity contribution in [2.45, 2.75) is 26.7 Å². The van der Waals surface area contributed by atoms with E-state index in [1.54, 1.807) is 12.1 Å². The zero-order chi connectivity index (χ0) is 19.2. The quantitative estimate of drug-likeness (QED) is 0.514. The van der Waals surface area contributed by atoms with Crippen molar-refractivity contribution in [1.29, 1.82) is 0 Å². The predicted molar refractivity (Wildman–Crippen MR) is 104 cm³/mol. The Bertz CT molecular complexity index is 948. The van der Waals surface area contributed by atoms with E-state index in [2.05, 4.69) is 10.3 Å². The number of aromatic nitrogens is 2. The van der Waals surface area contributed by atoms with Crippen molar-refractivity contribution in [2.24, 2.45) is 0 Å². The number of aryl methyl sites for hydroxylation is 1. The molecule has 0 bridgehead atoms. The van der Waals surface area contributed by atoms with Crippen LogP contribution in [0.25, 0.3) is 16.7 Å². The number of hydrogen-bond acceptors (Lipinski definition) is 4. The minimum absolute atomic E-state index is 0.280. The number of ether oxygens (including phenoxy) is 1. The Morgan fingerprint density at radius 1 is 1.15 bits per heavy atom. The predicted octanol–water partition coefficient (Wildman–Crippen LogP) is 3.41. The van der Waals surface area contributed by atoms with Crippen LogP contribution < -0.4 is 5.32 Å². The molecule has 0 atom stereocenters. The molecule has 6 heteroatoms. The van der Waals surface area contributed by atoms with E-state index in [0.717, 1.165) is 29.9 Å². The van der Waals surface area contributed by atoms with Gasteiger partial charge in [-0.2, -0.15) is 0 Å². The molecule has 0 unspecified atom stereocenters. The Hall–Kier alpha value is -3.15. The van der Waals surface area contributed by atoms with E-state index in [1.165, 1.54) is 0 Å². The zero-order valence-corrected chi connectivity index (χ0v) is 15.6. The molecular weight excluding hydrogens is 342 g/mol. The first-order chi connectivity index (χ1) is 13.1. The second kappa shape index (κ2) is 8.49. The third-order valence-corrected chi connectivity index (χ3v) is 4.26. The van der Waals surface area contributed by atoms with Gasteiger partial charge in [0.25, 0.3) is 5.91 Å². The molecule has 1 amide bonds. The number of benzene rings is 2. The first-order valence-electron chi connectivity index (χ1n) is 9.08. The van der Waals surface area contributed by atoms with E-state index in [1.807, 2.05) is 54.8 Å². The Labute approximate surface area is 158 Å². The number of carbonyl (C=O) groups is 2. The van der Waals surface area contributed by atoms with Crippen LogP contribution in [0.4, 0.5) is 0 Å². The van der Waals surface area contributed by atoms with E-state index in [-0.39, 0.29) is 12.5 Å². The van der Waals surface area contributed by atoms with Crippen LogP contribution in [0, 0.1) is 6.92 Å². The summed E-state index contributed by atoms with van der Waals surface area (Å²) in [5.41, 5.74) is 3.00. The SMILES string of the molecule is CCCCNC(=O)COC(=O)c1ccc2c(c1)nc(C)n2-c1ccccc1. The second-order valence-corrected chi connectivity index (χ2v) is 6.31. The number of amides is 1. The molecule has 0 radical (unpaired) electrons. The normalized spacial score (nSPS) is 10.7. The Balaban J connectivity index is 1.74. The van der Waals surface area contributed by atoms with Crippen LogP contribution >= 0.6 is 0 Å². The summed E-state index contributed by atoms with van der Waals surface area (Å²) in [5, 5.41) is 2.72. The molecule has 1 N–H and O–H groups in total. The van der Waals surface area contributed by atoms with E-state index in [4.69, 9.17) is 4.74 Å². The number of rotatable bonds is 7. The van der Waals surface area contributed by atoms with E-state index in [0.29, 0.717) is 17.6 Å². The average molecular weight is 365 g/mol. The highest BCUT2D eigenvalue weighted by atomic mass is 16.5. The van der Waals surface area contributed by atoms with Crippen molar-refractivity contribution in [1.82, 2.24) is 14.9 Å². The first-order valence-corrected chi connectivity index (χ1v) is 9.08. The molecule has 0 aliphatic carbocycles. The summed E-state index contributed by atoms with van der Waals surface area (Å²) >= 11 is 0. The van der Waals surface area contributed by atoms with Gasteiger partial charge in [-0.3, -0.25) is 9.36 Å². The Morgan fingerprint density at radius 2 is 1.93 bits per heavy atom. The topological polar surface area (TPSA) is 73.2 Å². The van der Waals surface area contributed by atoms with E-state index >= 15 is 0 Å². The number of carbonyl (C=O) groups excluding carboxylic acids is 2. The number of fused-ring (bicyclic) bond motifs is 1. The molecule has 0 spiro atoms. The number of esters is 1. The number of nitrogens with zero attached hydrogens (tertiary/aromatic N) is 2. The first kappa shape index (κ1) is 18.6. The highest BCUT2D eigenvalue weighted by Gasteiger charge is 2.14. The van der Waals surface area contributed by atoms with Crippen molar-refractivity contribution in [3.05, 3.63) is 59.9 Å². The summed E-state index contributed by atoms with van der Waals surface area (Å²) in [6.45, 7) is 4.28. The van der Waals surface area contributed by atoms with Crippen LogP contribution in [-0.2, 0) is 9.53 Å². The summed E-state index contributed by atoms with van der Waals surface area (Å²) in [6, 6.07) is 15.2. The largest absolute Gasteiger partial charge is 0.452 e. The Kier molecular flexibility index (Phi) is 5.86. The van der Waals surface area contributed by atoms with Gasteiger partial charge in [0.1, 0.15) is 5.82 Å². The fourth-order valence-corrected chi connectivity index (χ4v) is 2.90. The van der Waals surface area contributed by atoms with Gasteiger partial charge >= 0.3 is 5.97 Å². The van der Waals surface area contributed by atoms with Gasteiger partial charge in [-0.25, -0.2) is 9.78 Å². The number of imidazole rings is 1. The van der Waals surface area contributed by atoms with Crippen molar-refractivity contribution < 1.29 is 14.3 Å². The number of para-hydroxylation sites is 1. The van der Waals surface area contributed by atoms with Crippen LogP contribution in [0.3, 0.4) is 0 Å². The van der Waals surface area contributed by atoms with Crippen LogP contribution in [0.15, 0.2) is 48.5 Å². The fourth-order valence-electron chi connectivity index (χ4n) is 2.90. The molecule has 3 rings (SSSR count). The molecular formula is C21H23N3O3. The van der Waals surface area contributed by atoms with Crippen LogP contribution in [0.1, 0.15) is 35.9 Å². The van der Waals surface area contributed by atoms with Crippen LogP contribution in [0.2, 0.25) is 0 Å². The maximum absolute atomic E-state index is 12.2. The zero-order valence-electron chi connectivity index (χ0n) is 15.6. The molecule has 0 saturated heterocycles. The molecule has 2 aromatic carbocycles. The summed E-state index contributed by atoms with van der Waals surface area (Å²) in [4.78, 5) is 28.5. The van der Waals surface area contributed by atoms with E-state index in [9.17, 15) is 9.59 Å². The second-order valence-electron chi connectivity index (χ2n) is 6.31. The van der Waals surface area contributed by atoms with Gasteiger partial charge in [0, 0.05) is 12.2 Å². The van der Waals surface area contributed by atoms with Crippen molar-refractivity contribution in [3.63, 3.8) is 0 Å². The molecule has 1 heterocycles. The lowest BCUT2D eigenvalue weighted by Gasteiger charge is -2.07. The highest BCUT2D eigenvalue weighted by Crippen LogP contribution is 2.22. The number of hydrogen-bond donors (Lipinski definition) is 1. The third-order valence-electron chi connectivity index (χ3n) is 4.26. The molecule has 0 aliphatic rings. The molecule has 6 nitrogen and oxygen atoms in total. The lowest BCUT2D eigenvalue weighted by atomic mass is 10.2. The van der Waals surface area contributed by atoms with Gasteiger partial charge in [-0.1, -0.05) is 31.5 Å². The van der Waals surface area contributed by atoms with Gasteiger partial charge in [-0.05, 0) is 43.7 Å². The van der Waals surface area contributed by atoms with Crippen molar-refractivity contribution in [2.75, 3.05) is 13.2 Å². The molecule has 140 valence electrons. The van der Waals surface area contributed by atoms with Gasteiger partial charge in [-0.15, -0.1) is 0 Å².